The third-order valence-corrected chi connectivity index (χ3v) is 2.62. The fourth-order valence-electron chi connectivity index (χ4n) is 1.76. The van der Waals surface area contributed by atoms with E-state index in [2.05, 4.69) is 63.7 Å². The van der Waals surface area contributed by atoms with Gasteiger partial charge in [-0.2, -0.15) is 0 Å². The molecule has 0 aromatic heterocycles. The summed E-state index contributed by atoms with van der Waals surface area (Å²) in [7, 11) is 1.76. The van der Waals surface area contributed by atoms with Gasteiger partial charge in [-0.05, 0) is 41.5 Å². The topological polar surface area (TPSA) is 15.7 Å². The van der Waals surface area contributed by atoms with Crippen molar-refractivity contribution in [1.29, 1.82) is 0 Å². The molecular formula is C12H24N2O. The largest absolute Gasteiger partial charge is 0.344 e. The van der Waals surface area contributed by atoms with Gasteiger partial charge in [0.15, 0.2) is 0 Å². The summed E-state index contributed by atoms with van der Waals surface area (Å²) in [5, 5.41) is 0. The quantitative estimate of drug-likeness (QED) is 0.664. The highest BCUT2D eigenvalue weighted by Gasteiger charge is 2.38. The molecule has 1 rings (SSSR count). The second-order valence-electron chi connectivity index (χ2n) is 6.02. The van der Waals surface area contributed by atoms with E-state index >= 15 is 0 Å². The van der Waals surface area contributed by atoms with Crippen molar-refractivity contribution in [2.24, 2.45) is 0 Å². The summed E-state index contributed by atoms with van der Waals surface area (Å²) >= 11 is 0. The predicted octanol–water partition coefficient (Wildman–Crippen LogP) is 2.60. The minimum absolute atomic E-state index is 0.00463. The molecule has 0 unspecified atom stereocenters. The Labute approximate surface area is 93.7 Å². The molecule has 3 nitrogen and oxygen atoms in total. The Bertz CT molecular complexity index is 223. The van der Waals surface area contributed by atoms with Gasteiger partial charge in [0.2, 0.25) is 6.35 Å². The van der Waals surface area contributed by atoms with Crippen LogP contribution in [0, 0.1) is 0 Å². The molecule has 1 heterocycles. The average molecular weight is 212 g/mol. The zero-order valence-electron chi connectivity index (χ0n) is 11.0. The molecule has 0 atom stereocenters. The van der Waals surface area contributed by atoms with Gasteiger partial charge in [0.25, 0.3) is 0 Å². The van der Waals surface area contributed by atoms with Gasteiger partial charge in [0.05, 0.1) is 0 Å². The first kappa shape index (κ1) is 12.4. The van der Waals surface area contributed by atoms with Crippen LogP contribution >= 0.6 is 0 Å². The first-order chi connectivity index (χ1) is 6.68. The lowest BCUT2D eigenvalue weighted by Gasteiger charge is -2.44. The molecule has 0 radical (unpaired) electrons. The minimum Gasteiger partial charge on any atom is -0.344 e. The number of nitrogens with zero attached hydrogens (tertiary/aromatic N) is 2. The molecule has 0 amide bonds. The van der Waals surface area contributed by atoms with Crippen LogP contribution in [0.4, 0.5) is 0 Å². The van der Waals surface area contributed by atoms with Crippen molar-refractivity contribution in [3.8, 4) is 0 Å². The van der Waals surface area contributed by atoms with E-state index in [-0.39, 0.29) is 17.4 Å². The first-order valence-corrected chi connectivity index (χ1v) is 5.46. The lowest BCUT2D eigenvalue weighted by Crippen LogP contribution is -2.53. The van der Waals surface area contributed by atoms with Crippen LogP contribution < -0.4 is 0 Å². The van der Waals surface area contributed by atoms with Gasteiger partial charge in [0.1, 0.15) is 0 Å². The molecule has 0 fully saturated rings. The van der Waals surface area contributed by atoms with Crippen LogP contribution in [0.1, 0.15) is 41.5 Å². The summed E-state index contributed by atoms with van der Waals surface area (Å²) in [4.78, 5) is 4.47. The Morgan fingerprint density at radius 1 is 0.867 bits per heavy atom. The van der Waals surface area contributed by atoms with Gasteiger partial charge in [-0.15, -0.1) is 0 Å². The summed E-state index contributed by atoms with van der Waals surface area (Å²) < 4.78 is 5.58. The van der Waals surface area contributed by atoms with E-state index in [0.29, 0.717) is 0 Å². The van der Waals surface area contributed by atoms with Gasteiger partial charge in [-0.1, -0.05) is 0 Å². The van der Waals surface area contributed by atoms with Crippen LogP contribution in [0.5, 0.6) is 0 Å². The zero-order valence-corrected chi connectivity index (χ0v) is 11.0. The molecule has 0 saturated carbocycles. The van der Waals surface area contributed by atoms with Crippen molar-refractivity contribution in [2.45, 2.75) is 59.0 Å². The highest BCUT2D eigenvalue weighted by atomic mass is 16.5. The second-order valence-corrected chi connectivity index (χ2v) is 6.02. The molecule has 1 aliphatic heterocycles. The summed E-state index contributed by atoms with van der Waals surface area (Å²) in [6, 6.07) is 0. The number of hydrogen-bond donors (Lipinski definition) is 0. The van der Waals surface area contributed by atoms with Gasteiger partial charge in [-0.25, -0.2) is 0 Å². The van der Waals surface area contributed by atoms with Crippen LogP contribution in [-0.2, 0) is 4.74 Å². The van der Waals surface area contributed by atoms with E-state index in [1.807, 2.05) is 0 Å². The van der Waals surface area contributed by atoms with Crippen molar-refractivity contribution in [3.63, 3.8) is 0 Å². The number of methoxy groups -OCH3 is 1. The highest BCUT2D eigenvalue weighted by Crippen LogP contribution is 2.30. The Hall–Kier alpha value is -0.700. The smallest absolute Gasteiger partial charge is 0.210 e. The molecule has 0 aromatic carbocycles. The second kappa shape index (κ2) is 3.71. The van der Waals surface area contributed by atoms with Gasteiger partial charge in [0, 0.05) is 30.6 Å². The minimum atomic E-state index is 0.00463. The summed E-state index contributed by atoms with van der Waals surface area (Å²) in [6.45, 7) is 13.1. The van der Waals surface area contributed by atoms with E-state index < -0.39 is 0 Å². The van der Waals surface area contributed by atoms with E-state index in [0.717, 1.165) is 0 Å². The monoisotopic (exact) mass is 212 g/mol. The van der Waals surface area contributed by atoms with Crippen LogP contribution in [0.15, 0.2) is 12.4 Å². The Morgan fingerprint density at radius 3 is 1.40 bits per heavy atom. The Balaban J connectivity index is 2.89. The molecular weight excluding hydrogens is 188 g/mol. The predicted molar refractivity (Wildman–Crippen MR) is 63.1 cm³/mol. The van der Waals surface area contributed by atoms with E-state index in [4.69, 9.17) is 4.74 Å². The van der Waals surface area contributed by atoms with Crippen molar-refractivity contribution in [1.82, 2.24) is 9.80 Å². The molecule has 0 aromatic rings. The van der Waals surface area contributed by atoms with Crippen molar-refractivity contribution < 1.29 is 4.74 Å². The van der Waals surface area contributed by atoms with Gasteiger partial charge >= 0.3 is 0 Å². The van der Waals surface area contributed by atoms with Crippen molar-refractivity contribution in [2.75, 3.05) is 7.11 Å². The molecule has 0 bridgehead atoms. The highest BCUT2D eigenvalue weighted by molar-refractivity contribution is 5.02. The molecule has 0 N–H and O–H groups in total. The molecule has 1 aliphatic rings. The standard InChI is InChI=1S/C12H24N2O/c1-11(2,3)13-8-9-14(10(13)15-7)12(4,5)6/h8-10H,1-7H3. The van der Waals surface area contributed by atoms with Crippen LogP contribution in [-0.4, -0.2) is 34.3 Å². The normalized spacial score (nSPS) is 19.1. The Kier molecular flexibility index (Phi) is 3.06. The number of rotatable bonds is 1. The fourth-order valence-corrected chi connectivity index (χ4v) is 1.76. The molecule has 88 valence electrons. The lowest BCUT2D eigenvalue weighted by molar-refractivity contribution is -0.132. The summed E-state index contributed by atoms with van der Waals surface area (Å²) in [6.07, 6.45) is 4.23. The van der Waals surface area contributed by atoms with E-state index in [1.165, 1.54) is 0 Å². The van der Waals surface area contributed by atoms with Crippen LogP contribution in [0.3, 0.4) is 0 Å². The van der Waals surface area contributed by atoms with Gasteiger partial charge in [-0.3, -0.25) is 0 Å². The average Bonchev–Trinajstić information content (AvgIpc) is 2.43. The SMILES string of the molecule is COC1N(C(C)(C)C)C=CN1C(C)(C)C. The van der Waals surface area contributed by atoms with E-state index in [1.54, 1.807) is 7.11 Å². The van der Waals surface area contributed by atoms with Crippen LogP contribution in [0.2, 0.25) is 0 Å². The van der Waals surface area contributed by atoms with Crippen molar-refractivity contribution >= 4 is 0 Å². The maximum Gasteiger partial charge on any atom is 0.210 e. The third kappa shape index (κ3) is 2.46. The van der Waals surface area contributed by atoms with Crippen LogP contribution in [0.25, 0.3) is 0 Å². The molecule has 15 heavy (non-hydrogen) atoms. The molecule has 0 aliphatic carbocycles. The van der Waals surface area contributed by atoms with Crippen molar-refractivity contribution in [3.05, 3.63) is 12.4 Å². The first-order valence-electron chi connectivity index (χ1n) is 5.46. The molecule has 3 heteroatoms. The fraction of sp³-hybridized carbons (Fsp3) is 0.833. The van der Waals surface area contributed by atoms with E-state index in [9.17, 15) is 0 Å². The number of hydrogen-bond acceptors (Lipinski definition) is 3. The molecule has 0 saturated heterocycles. The zero-order chi connectivity index (χ0) is 11.9. The maximum atomic E-state index is 5.58. The third-order valence-electron chi connectivity index (χ3n) is 2.62. The summed E-state index contributed by atoms with van der Waals surface area (Å²) in [5.41, 5.74) is 0.161. The molecule has 0 spiro atoms. The number of ether oxygens (including phenoxy) is 1. The maximum absolute atomic E-state index is 5.58. The summed E-state index contributed by atoms with van der Waals surface area (Å²) in [5.74, 6) is 0. The Morgan fingerprint density at radius 2 is 1.20 bits per heavy atom. The van der Waals surface area contributed by atoms with Gasteiger partial charge < -0.3 is 14.5 Å². The lowest BCUT2D eigenvalue weighted by atomic mass is 10.1.